The molecule has 0 heterocycles. The molecule has 6 heavy (non-hydrogen) atoms. The fraction of sp³-hybridized carbons (Fsp3) is 0.250. The van der Waals surface area contributed by atoms with Gasteiger partial charge in [0.2, 0.25) is 0 Å². The molecule has 0 fully saturated rings. The zero-order valence-corrected chi connectivity index (χ0v) is 3.57. The van der Waals surface area contributed by atoms with Crippen LogP contribution in [-0.2, 0) is 0 Å². The number of hydrogen-bond acceptors (Lipinski definition) is 2. The Kier molecular flexibility index (Phi) is 3.66. The molecular weight excluding hydrogens is 76.1 g/mol. The summed E-state index contributed by atoms with van der Waals surface area (Å²) in [4.78, 5) is 0. The van der Waals surface area contributed by atoms with Gasteiger partial charge in [-0.2, -0.15) is 0 Å². The SMILES string of the molecule is C=CNCC=N. The Balaban J connectivity index is 2.66. The smallest absolute Gasteiger partial charge is 0.0491 e. The van der Waals surface area contributed by atoms with Crippen LogP contribution >= 0.6 is 0 Å². The summed E-state index contributed by atoms with van der Waals surface area (Å²) in [5, 5.41) is 9.19. The van der Waals surface area contributed by atoms with Gasteiger partial charge in [0.15, 0.2) is 0 Å². The molecule has 0 atom stereocenters. The summed E-state index contributed by atoms with van der Waals surface area (Å²) >= 11 is 0. The van der Waals surface area contributed by atoms with E-state index >= 15 is 0 Å². The first-order valence-corrected chi connectivity index (χ1v) is 1.75. The van der Waals surface area contributed by atoms with E-state index in [9.17, 15) is 0 Å². The van der Waals surface area contributed by atoms with E-state index in [0.29, 0.717) is 6.54 Å². The Morgan fingerprint density at radius 3 is 2.67 bits per heavy atom. The highest BCUT2D eigenvalue weighted by Gasteiger charge is 1.61. The standard InChI is InChI=1S/C4H8N2/c1-2-6-4-3-5/h2-3,5-6H,1,4H2. The lowest BCUT2D eigenvalue weighted by Gasteiger charge is -1.84. The van der Waals surface area contributed by atoms with Crippen LogP contribution in [0.25, 0.3) is 0 Å². The van der Waals surface area contributed by atoms with Gasteiger partial charge in [0.1, 0.15) is 0 Å². The molecule has 0 aromatic rings. The quantitative estimate of drug-likeness (QED) is 0.376. The number of nitrogens with one attached hydrogen (secondary N) is 2. The van der Waals surface area contributed by atoms with Crippen LogP contribution in [0.5, 0.6) is 0 Å². The van der Waals surface area contributed by atoms with Crippen molar-refractivity contribution in [3.05, 3.63) is 12.8 Å². The lowest BCUT2D eigenvalue weighted by atomic mass is 10.7. The van der Waals surface area contributed by atoms with Gasteiger partial charge in [-0.3, -0.25) is 0 Å². The van der Waals surface area contributed by atoms with Crippen molar-refractivity contribution in [2.24, 2.45) is 0 Å². The van der Waals surface area contributed by atoms with Crippen molar-refractivity contribution in [3.63, 3.8) is 0 Å². The maximum absolute atomic E-state index is 6.47. The summed E-state index contributed by atoms with van der Waals surface area (Å²) in [5.74, 6) is 0. The second-order valence-electron chi connectivity index (χ2n) is 0.816. The van der Waals surface area contributed by atoms with E-state index in [0.717, 1.165) is 0 Å². The molecule has 2 heteroatoms. The zero-order valence-electron chi connectivity index (χ0n) is 3.57. The minimum absolute atomic E-state index is 0.587. The fourth-order valence-corrected chi connectivity index (χ4v) is 0.142. The van der Waals surface area contributed by atoms with Gasteiger partial charge in [-0.25, -0.2) is 0 Å². The highest BCUT2D eigenvalue weighted by molar-refractivity contribution is 5.55. The average molecular weight is 84.1 g/mol. The summed E-state index contributed by atoms with van der Waals surface area (Å²) in [6.45, 7) is 3.97. The molecule has 0 aliphatic heterocycles. The van der Waals surface area contributed by atoms with Crippen LogP contribution in [0.15, 0.2) is 12.8 Å². The molecule has 0 radical (unpaired) electrons. The third-order valence-corrected chi connectivity index (χ3v) is 0.364. The van der Waals surface area contributed by atoms with Gasteiger partial charge in [-0.05, 0) is 6.20 Å². The Morgan fingerprint density at radius 2 is 2.50 bits per heavy atom. The van der Waals surface area contributed by atoms with Crippen molar-refractivity contribution >= 4 is 6.21 Å². The maximum atomic E-state index is 6.47. The highest BCUT2D eigenvalue weighted by Crippen LogP contribution is 1.46. The van der Waals surface area contributed by atoms with Crippen LogP contribution < -0.4 is 5.32 Å². The first kappa shape index (κ1) is 5.21. The summed E-state index contributed by atoms with van der Waals surface area (Å²) < 4.78 is 0. The molecule has 0 amide bonds. The van der Waals surface area contributed by atoms with E-state index in [1.807, 2.05) is 0 Å². The Bertz CT molecular complexity index is 41.5. The topological polar surface area (TPSA) is 35.9 Å². The number of rotatable bonds is 3. The molecule has 0 aromatic carbocycles. The molecule has 0 unspecified atom stereocenters. The van der Waals surface area contributed by atoms with Crippen LogP contribution in [0.1, 0.15) is 0 Å². The van der Waals surface area contributed by atoms with Crippen LogP contribution in [-0.4, -0.2) is 12.8 Å². The van der Waals surface area contributed by atoms with Crippen LogP contribution in [0.2, 0.25) is 0 Å². The molecule has 0 spiro atoms. The monoisotopic (exact) mass is 84.1 g/mol. The van der Waals surface area contributed by atoms with E-state index in [2.05, 4.69) is 11.9 Å². The lowest BCUT2D eigenvalue weighted by Crippen LogP contribution is -2.05. The molecule has 0 saturated carbocycles. The van der Waals surface area contributed by atoms with Crippen molar-refractivity contribution < 1.29 is 0 Å². The average Bonchev–Trinajstić information content (AvgIpc) is 1.61. The van der Waals surface area contributed by atoms with Gasteiger partial charge in [0, 0.05) is 12.8 Å². The van der Waals surface area contributed by atoms with Crippen molar-refractivity contribution in [2.75, 3.05) is 6.54 Å². The Hall–Kier alpha value is -0.790. The molecule has 0 aliphatic carbocycles. The third-order valence-electron chi connectivity index (χ3n) is 0.364. The van der Waals surface area contributed by atoms with Gasteiger partial charge >= 0.3 is 0 Å². The summed E-state index contributed by atoms with van der Waals surface area (Å²) in [6.07, 6.45) is 2.84. The van der Waals surface area contributed by atoms with Crippen molar-refractivity contribution in [1.29, 1.82) is 5.41 Å². The molecule has 34 valence electrons. The second kappa shape index (κ2) is 4.21. The van der Waals surface area contributed by atoms with Gasteiger partial charge in [-0.1, -0.05) is 6.58 Å². The number of hydrogen-bond donors (Lipinski definition) is 2. The summed E-state index contributed by atoms with van der Waals surface area (Å²) in [7, 11) is 0. The maximum Gasteiger partial charge on any atom is 0.0491 e. The van der Waals surface area contributed by atoms with E-state index < -0.39 is 0 Å². The van der Waals surface area contributed by atoms with Gasteiger partial charge in [0.05, 0.1) is 0 Å². The highest BCUT2D eigenvalue weighted by atomic mass is 14.8. The molecule has 0 aliphatic rings. The molecule has 2 N–H and O–H groups in total. The van der Waals surface area contributed by atoms with Gasteiger partial charge in [-0.15, -0.1) is 0 Å². The van der Waals surface area contributed by atoms with E-state index in [-0.39, 0.29) is 0 Å². The first-order chi connectivity index (χ1) is 2.91. The van der Waals surface area contributed by atoms with Gasteiger partial charge < -0.3 is 10.7 Å². The van der Waals surface area contributed by atoms with Crippen LogP contribution in [0.4, 0.5) is 0 Å². The summed E-state index contributed by atoms with van der Waals surface area (Å²) in [6, 6.07) is 0. The predicted octanol–water partition coefficient (Wildman–Crippen LogP) is 0.369. The normalized spacial score (nSPS) is 6.67. The second-order valence-corrected chi connectivity index (χ2v) is 0.816. The molecule has 2 nitrogen and oxygen atoms in total. The minimum atomic E-state index is 0.587. The Labute approximate surface area is 37.4 Å². The molecule has 0 rings (SSSR count). The van der Waals surface area contributed by atoms with Crippen molar-refractivity contribution in [1.82, 2.24) is 5.32 Å². The largest absolute Gasteiger partial charge is 0.386 e. The first-order valence-electron chi connectivity index (χ1n) is 1.75. The van der Waals surface area contributed by atoms with Crippen LogP contribution in [0.3, 0.4) is 0 Å². The van der Waals surface area contributed by atoms with E-state index in [4.69, 9.17) is 5.41 Å². The van der Waals surface area contributed by atoms with E-state index in [1.165, 1.54) is 6.21 Å². The lowest BCUT2D eigenvalue weighted by molar-refractivity contribution is 1.03. The third kappa shape index (κ3) is 3.21. The summed E-state index contributed by atoms with van der Waals surface area (Å²) in [5.41, 5.74) is 0. The van der Waals surface area contributed by atoms with Crippen molar-refractivity contribution in [2.45, 2.75) is 0 Å². The predicted molar refractivity (Wildman–Crippen MR) is 27.0 cm³/mol. The zero-order chi connectivity index (χ0) is 4.83. The molecular formula is C4H8N2. The van der Waals surface area contributed by atoms with Crippen LogP contribution in [0, 0.1) is 5.41 Å². The fourth-order valence-electron chi connectivity index (χ4n) is 0.142. The van der Waals surface area contributed by atoms with E-state index in [1.54, 1.807) is 6.20 Å². The van der Waals surface area contributed by atoms with Crippen molar-refractivity contribution in [3.8, 4) is 0 Å². The minimum Gasteiger partial charge on any atom is -0.386 e. The molecule has 0 bridgehead atoms. The molecule has 0 aromatic heterocycles. The molecule has 0 saturated heterocycles. The Morgan fingerprint density at radius 1 is 1.83 bits per heavy atom. The van der Waals surface area contributed by atoms with Gasteiger partial charge in [0.25, 0.3) is 0 Å².